The lowest BCUT2D eigenvalue weighted by atomic mass is 10.4. The van der Waals surface area contributed by atoms with Crippen LogP contribution in [0.15, 0.2) is 71.7 Å². The van der Waals surface area contributed by atoms with E-state index < -0.39 is 65.9 Å². The van der Waals surface area contributed by atoms with Crippen molar-refractivity contribution in [2.75, 3.05) is 65.7 Å². The molecule has 0 bridgehead atoms. The van der Waals surface area contributed by atoms with E-state index in [0.717, 1.165) is 49.0 Å². The van der Waals surface area contributed by atoms with Gasteiger partial charge in [-0.2, -0.15) is 0 Å². The van der Waals surface area contributed by atoms with Crippen molar-refractivity contribution < 1.29 is 82.4 Å². The van der Waals surface area contributed by atoms with E-state index in [2.05, 4.69) is 23.6 Å². The summed E-state index contributed by atoms with van der Waals surface area (Å²) in [6, 6.07) is 7.95. The Balaban J connectivity index is 0. The molecular formula is C35H53N3O18S3. The predicted octanol–water partition coefficient (Wildman–Crippen LogP) is 0.192. The van der Waals surface area contributed by atoms with Gasteiger partial charge in [0.25, 0.3) is 0 Å². The van der Waals surface area contributed by atoms with Gasteiger partial charge in [0.1, 0.15) is 0 Å². The molecule has 0 atom stereocenters. The quantitative estimate of drug-likeness (QED) is 0.0540. The van der Waals surface area contributed by atoms with Gasteiger partial charge >= 0.3 is 35.8 Å². The van der Waals surface area contributed by atoms with E-state index in [0.29, 0.717) is 19.3 Å². The molecule has 0 heterocycles. The third kappa shape index (κ3) is 38.3. The average molecular weight is 900 g/mol. The number of ether oxygens (including phenoxy) is 6. The van der Waals surface area contributed by atoms with Crippen LogP contribution in [-0.4, -0.2) is 133 Å². The number of benzene rings is 1. The van der Waals surface area contributed by atoms with Crippen molar-refractivity contribution in [1.29, 1.82) is 0 Å². The number of rotatable bonds is 24. The molecule has 3 N–H and O–H groups in total. The molecule has 0 aliphatic carbocycles. The largest absolute Gasteiger partial charge is 0.466 e. The minimum absolute atomic E-state index is 0.0294. The van der Waals surface area contributed by atoms with Crippen molar-refractivity contribution in [2.45, 2.75) is 51.0 Å². The first-order valence-corrected chi connectivity index (χ1v) is 22.7. The van der Waals surface area contributed by atoms with Gasteiger partial charge in [0, 0.05) is 56.1 Å². The molecule has 334 valence electrons. The highest BCUT2D eigenvalue weighted by atomic mass is 32.2. The lowest BCUT2D eigenvalue weighted by Gasteiger charge is -2.06. The third-order valence-corrected chi connectivity index (χ3v) is 8.61. The number of hydrogen-bond donors (Lipinski definition) is 3. The fourth-order valence-electron chi connectivity index (χ4n) is 3.22. The molecule has 0 aliphatic rings. The van der Waals surface area contributed by atoms with Crippen LogP contribution < -0.4 is 14.2 Å². The van der Waals surface area contributed by atoms with Crippen LogP contribution in [0.2, 0.25) is 0 Å². The highest BCUT2D eigenvalue weighted by molar-refractivity contribution is 7.89. The standard InChI is InChI=1S/C14H17NO6S.C11H19NO6S.C10H17NO6S/c1-20-13(16)8-9-14(17)21-11-5-10-15-22(18,19)12-6-3-2-4-7-12;1-9(2)18-11(14)6-5-10(13)17-8-4-7-12-19(3,15)16;1-3-16-9(12)5-6-10(13)17-8-4-7-11-18(2,14)15/h2-4,6-9,15H,5,10-11H2,1H3;5-6,9,12H,4,7-8H2,1-3H3;5-6,11H,3-4,7-8H2,1-2H3/b9-8+;2*6-5+. The summed E-state index contributed by atoms with van der Waals surface area (Å²) in [7, 11) is -8.80. The van der Waals surface area contributed by atoms with Crippen molar-refractivity contribution in [3.05, 3.63) is 66.8 Å². The first kappa shape index (κ1) is 56.1. The Kier molecular flexibility index (Phi) is 30.3. The molecule has 0 amide bonds. The van der Waals surface area contributed by atoms with Gasteiger partial charge in [-0.3, -0.25) is 0 Å². The molecule has 0 fully saturated rings. The number of nitrogens with one attached hydrogen (secondary N) is 3. The number of methoxy groups -OCH3 is 1. The van der Waals surface area contributed by atoms with Gasteiger partial charge in [-0.15, -0.1) is 0 Å². The van der Waals surface area contributed by atoms with Gasteiger partial charge in [-0.25, -0.2) is 68.2 Å². The van der Waals surface area contributed by atoms with E-state index in [4.69, 9.17) is 18.9 Å². The van der Waals surface area contributed by atoms with Crippen LogP contribution >= 0.6 is 0 Å². The average Bonchev–Trinajstić information content (AvgIpc) is 3.14. The number of hydrogen-bond acceptors (Lipinski definition) is 18. The molecule has 1 aromatic carbocycles. The maximum absolute atomic E-state index is 11.9. The summed E-state index contributed by atoms with van der Waals surface area (Å²) in [5.74, 6) is -3.95. The Hall–Kier alpha value is -5.01. The first-order valence-electron chi connectivity index (χ1n) is 17.4. The molecule has 0 radical (unpaired) electrons. The zero-order chi connectivity index (χ0) is 45.3. The Morgan fingerprint density at radius 3 is 1.27 bits per heavy atom. The molecule has 24 heteroatoms. The molecule has 0 saturated carbocycles. The van der Waals surface area contributed by atoms with Crippen LogP contribution in [0.5, 0.6) is 0 Å². The molecule has 0 unspecified atom stereocenters. The Bertz CT molecular complexity index is 1880. The summed E-state index contributed by atoms with van der Waals surface area (Å²) in [5.41, 5.74) is 0. The Labute approximate surface area is 345 Å². The van der Waals surface area contributed by atoms with Gasteiger partial charge in [-0.05, 0) is 52.2 Å². The number of esters is 6. The maximum atomic E-state index is 11.9. The number of carbonyl (C=O) groups is 6. The first-order chi connectivity index (χ1) is 27.5. The highest BCUT2D eigenvalue weighted by Gasteiger charge is 2.12. The summed E-state index contributed by atoms with van der Waals surface area (Å²) in [6.45, 7) is 5.93. The van der Waals surface area contributed by atoms with Crippen LogP contribution in [0.25, 0.3) is 0 Å². The van der Waals surface area contributed by atoms with Crippen LogP contribution in [0, 0.1) is 0 Å². The SMILES string of the molecule is CC(C)OC(=O)/C=C/C(=O)OCCCNS(C)(=O)=O.CCOC(=O)/C=C/C(=O)OCCCNS(C)(=O)=O.COC(=O)/C=C/C(=O)OCCCNS(=O)(=O)c1ccccc1. The Morgan fingerprint density at radius 1 is 0.559 bits per heavy atom. The maximum Gasteiger partial charge on any atom is 0.331 e. The zero-order valence-corrected chi connectivity index (χ0v) is 36.0. The minimum atomic E-state index is -3.55. The van der Waals surface area contributed by atoms with Gasteiger partial charge in [0.05, 0.1) is 57.0 Å². The summed E-state index contributed by atoms with van der Waals surface area (Å²) in [4.78, 5) is 66.2. The van der Waals surface area contributed by atoms with Crippen molar-refractivity contribution >= 4 is 65.9 Å². The molecule has 21 nitrogen and oxygen atoms in total. The van der Waals surface area contributed by atoms with Crippen molar-refractivity contribution in [2.24, 2.45) is 0 Å². The molecular weight excluding hydrogens is 847 g/mol. The van der Waals surface area contributed by atoms with Crippen molar-refractivity contribution in [3.8, 4) is 0 Å². The topological polar surface area (TPSA) is 296 Å². The number of sulfonamides is 3. The van der Waals surface area contributed by atoms with Crippen molar-refractivity contribution in [3.63, 3.8) is 0 Å². The lowest BCUT2D eigenvalue weighted by Crippen LogP contribution is -2.25. The van der Waals surface area contributed by atoms with E-state index >= 15 is 0 Å². The van der Waals surface area contributed by atoms with Crippen molar-refractivity contribution in [1.82, 2.24) is 14.2 Å². The second-order valence-corrected chi connectivity index (χ2v) is 16.8. The molecule has 1 aromatic rings. The van der Waals surface area contributed by atoms with Gasteiger partial charge < -0.3 is 28.4 Å². The van der Waals surface area contributed by atoms with Crippen LogP contribution in [0.1, 0.15) is 40.0 Å². The fraction of sp³-hybridized carbons (Fsp3) is 0.486. The van der Waals surface area contributed by atoms with Crippen LogP contribution in [0.4, 0.5) is 0 Å². The highest BCUT2D eigenvalue weighted by Crippen LogP contribution is 2.06. The summed E-state index contributed by atoms with van der Waals surface area (Å²) >= 11 is 0. The summed E-state index contributed by atoms with van der Waals surface area (Å²) < 4.78 is 101. The van der Waals surface area contributed by atoms with Gasteiger partial charge in [0.15, 0.2) is 0 Å². The molecule has 0 saturated heterocycles. The monoisotopic (exact) mass is 899 g/mol. The van der Waals surface area contributed by atoms with Gasteiger partial charge in [-0.1, -0.05) is 18.2 Å². The number of carbonyl (C=O) groups excluding carboxylic acids is 6. The predicted molar refractivity (Wildman–Crippen MR) is 211 cm³/mol. The minimum Gasteiger partial charge on any atom is -0.466 e. The molecule has 0 spiro atoms. The van der Waals surface area contributed by atoms with E-state index in [1.54, 1.807) is 39.0 Å². The molecule has 0 aliphatic heterocycles. The second kappa shape index (κ2) is 31.9. The van der Waals surface area contributed by atoms with E-state index in [-0.39, 0.29) is 57.1 Å². The van der Waals surface area contributed by atoms with E-state index in [1.165, 1.54) is 19.2 Å². The molecule has 59 heavy (non-hydrogen) atoms. The Morgan fingerprint density at radius 2 is 0.915 bits per heavy atom. The third-order valence-electron chi connectivity index (χ3n) is 5.68. The van der Waals surface area contributed by atoms with E-state index in [9.17, 15) is 54.0 Å². The normalized spacial score (nSPS) is 11.5. The second-order valence-electron chi connectivity index (χ2n) is 11.4. The summed E-state index contributed by atoms with van der Waals surface area (Å²) in [5, 5.41) is 0. The lowest BCUT2D eigenvalue weighted by molar-refractivity contribution is -0.142. The van der Waals surface area contributed by atoms with E-state index in [1.807, 2.05) is 0 Å². The fourth-order valence-corrected chi connectivity index (χ4v) is 5.35. The smallest absolute Gasteiger partial charge is 0.331 e. The van der Waals surface area contributed by atoms with Crippen LogP contribution in [-0.2, 0) is 87.3 Å². The molecule has 1 rings (SSSR count). The summed E-state index contributed by atoms with van der Waals surface area (Å²) in [6.07, 6.45) is 8.62. The van der Waals surface area contributed by atoms with Crippen LogP contribution in [0.3, 0.4) is 0 Å². The van der Waals surface area contributed by atoms with Gasteiger partial charge in [0.2, 0.25) is 30.1 Å². The molecule has 0 aromatic heterocycles. The zero-order valence-electron chi connectivity index (χ0n) is 33.6.